The van der Waals surface area contributed by atoms with Crippen molar-refractivity contribution in [3.05, 3.63) is 34.9 Å². The van der Waals surface area contributed by atoms with Gasteiger partial charge in [0.2, 0.25) is 11.8 Å². The number of hydrogen-bond acceptors (Lipinski definition) is 2. The average molecular weight is 311 g/mol. The van der Waals surface area contributed by atoms with Crippen LogP contribution in [0.2, 0.25) is 5.02 Å². The highest BCUT2D eigenvalue weighted by atomic mass is 35.5. The van der Waals surface area contributed by atoms with Crippen molar-refractivity contribution < 1.29 is 9.59 Å². The molecule has 0 aliphatic carbocycles. The molecule has 0 radical (unpaired) electrons. The fourth-order valence-corrected chi connectivity index (χ4v) is 2.11. The summed E-state index contributed by atoms with van der Waals surface area (Å²) < 4.78 is 0. The van der Waals surface area contributed by atoms with Crippen LogP contribution in [0.25, 0.3) is 0 Å². The Morgan fingerprint density at radius 3 is 2.43 bits per heavy atom. The lowest BCUT2D eigenvalue weighted by Crippen LogP contribution is -2.26. The van der Waals surface area contributed by atoms with E-state index < -0.39 is 0 Å². The highest BCUT2D eigenvalue weighted by Gasteiger charge is 2.08. The molecule has 0 saturated heterocycles. The number of carbonyl (C=O) groups is 2. The SMILES string of the molecule is CC(=O)NCCCCCC(=O)N(C)Cc1ccc(Cl)cc1. The first-order valence-electron chi connectivity index (χ1n) is 7.22. The number of hydrogen-bond donors (Lipinski definition) is 1. The van der Waals surface area contributed by atoms with E-state index in [4.69, 9.17) is 11.6 Å². The quantitative estimate of drug-likeness (QED) is 0.750. The van der Waals surface area contributed by atoms with E-state index in [1.807, 2.05) is 31.3 Å². The summed E-state index contributed by atoms with van der Waals surface area (Å²) in [4.78, 5) is 24.4. The molecule has 0 aliphatic heterocycles. The van der Waals surface area contributed by atoms with Gasteiger partial charge in [0.1, 0.15) is 0 Å². The molecule has 0 saturated carbocycles. The number of carbonyl (C=O) groups excluding carboxylic acids is 2. The van der Waals surface area contributed by atoms with Crippen molar-refractivity contribution in [1.29, 1.82) is 0 Å². The number of halogens is 1. The minimum Gasteiger partial charge on any atom is -0.356 e. The van der Waals surface area contributed by atoms with E-state index in [-0.39, 0.29) is 11.8 Å². The number of amides is 2. The molecule has 1 aromatic carbocycles. The Kier molecular flexibility index (Phi) is 7.83. The minimum absolute atomic E-state index is 0.00576. The average Bonchev–Trinajstić information content (AvgIpc) is 2.44. The Hall–Kier alpha value is -1.55. The van der Waals surface area contributed by atoms with Crippen LogP contribution in [0, 0.1) is 0 Å². The molecule has 0 aromatic heterocycles. The maximum absolute atomic E-state index is 12.0. The molecular formula is C16H23ClN2O2. The van der Waals surface area contributed by atoms with Crippen molar-refractivity contribution in [3.8, 4) is 0 Å². The van der Waals surface area contributed by atoms with Gasteiger partial charge in [0, 0.05) is 38.5 Å². The van der Waals surface area contributed by atoms with Gasteiger partial charge in [-0.1, -0.05) is 30.2 Å². The van der Waals surface area contributed by atoms with Crippen LogP contribution >= 0.6 is 11.6 Å². The molecule has 2 amide bonds. The number of unbranched alkanes of at least 4 members (excludes halogenated alkanes) is 2. The molecule has 1 rings (SSSR count). The normalized spacial score (nSPS) is 10.2. The predicted octanol–water partition coefficient (Wildman–Crippen LogP) is 2.99. The van der Waals surface area contributed by atoms with Crippen LogP contribution < -0.4 is 5.32 Å². The fraction of sp³-hybridized carbons (Fsp3) is 0.500. The summed E-state index contributed by atoms with van der Waals surface area (Å²) in [6.45, 7) is 2.79. The molecule has 0 bridgehead atoms. The van der Waals surface area contributed by atoms with Gasteiger partial charge in [-0.2, -0.15) is 0 Å². The van der Waals surface area contributed by atoms with Crippen LogP contribution in [-0.2, 0) is 16.1 Å². The van der Waals surface area contributed by atoms with Gasteiger partial charge >= 0.3 is 0 Å². The van der Waals surface area contributed by atoms with Crippen molar-refractivity contribution in [1.82, 2.24) is 10.2 Å². The third kappa shape index (κ3) is 7.71. The van der Waals surface area contributed by atoms with E-state index in [2.05, 4.69) is 5.32 Å². The van der Waals surface area contributed by atoms with Crippen LogP contribution in [0.15, 0.2) is 24.3 Å². The molecule has 5 heteroatoms. The van der Waals surface area contributed by atoms with Crippen molar-refractivity contribution in [2.45, 2.75) is 39.2 Å². The summed E-state index contributed by atoms with van der Waals surface area (Å²) in [5, 5.41) is 3.45. The lowest BCUT2D eigenvalue weighted by atomic mass is 10.1. The number of nitrogens with one attached hydrogen (secondary N) is 1. The first-order valence-corrected chi connectivity index (χ1v) is 7.59. The molecule has 4 nitrogen and oxygen atoms in total. The van der Waals surface area contributed by atoms with E-state index >= 15 is 0 Å². The molecule has 0 heterocycles. The zero-order valence-corrected chi connectivity index (χ0v) is 13.4. The summed E-state index contributed by atoms with van der Waals surface area (Å²) in [5.74, 6) is 0.137. The second-order valence-electron chi connectivity index (χ2n) is 5.17. The molecule has 1 N–H and O–H groups in total. The second kappa shape index (κ2) is 9.40. The molecule has 0 aliphatic rings. The van der Waals surface area contributed by atoms with Crippen molar-refractivity contribution >= 4 is 23.4 Å². The van der Waals surface area contributed by atoms with E-state index in [0.29, 0.717) is 24.5 Å². The number of benzene rings is 1. The molecule has 0 spiro atoms. The molecule has 1 aromatic rings. The van der Waals surface area contributed by atoms with Crippen LogP contribution in [0.5, 0.6) is 0 Å². The highest BCUT2D eigenvalue weighted by molar-refractivity contribution is 6.30. The lowest BCUT2D eigenvalue weighted by Gasteiger charge is -2.17. The summed E-state index contributed by atoms with van der Waals surface area (Å²) >= 11 is 5.83. The monoisotopic (exact) mass is 310 g/mol. The van der Waals surface area contributed by atoms with Gasteiger partial charge in [0.25, 0.3) is 0 Å². The van der Waals surface area contributed by atoms with Crippen molar-refractivity contribution in [3.63, 3.8) is 0 Å². The van der Waals surface area contributed by atoms with E-state index in [1.165, 1.54) is 6.92 Å². The van der Waals surface area contributed by atoms with Gasteiger partial charge in [-0.15, -0.1) is 0 Å². The minimum atomic E-state index is -0.00576. The standard InChI is InChI=1S/C16H23ClN2O2/c1-13(20)18-11-5-3-4-6-16(21)19(2)12-14-7-9-15(17)10-8-14/h7-10H,3-6,11-12H2,1-2H3,(H,18,20). The largest absolute Gasteiger partial charge is 0.356 e. The fourth-order valence-electron chi connectivity index (χ4n) is 1.99. The van der Waals surface area contributed by atoms with Gasteiger partial charge in [-0.05, 0) is 30.5 Å². The Morgan fingerprint density at radius 2 is 1.81 bits per heavy atom. The van der Waals surface area contributed by atoms with Gasteiger partial charge in [-0.25, -0.2) is 0 Å². The molecular weight excluding hydrogens is 288 g/mol. The maximum atomic E-state index is 12.0. The molecule has 0 atom stereocenters. The molecule has 0 fully saturated rings. The highest BCUT2D eigenvalue weighted by Crippen LogP contribution is 2.12. The third-order valence-electron chi connectivity index (χ3n) is 3.20. The first-order chi connectivity index (χ1) is 9.99. The van der Waals surface area contributed by atoms with Gasteiger partial charge < -0.3 is 10.2 Å². The number of nitrogens with zero attached hydrogens (tertiary/aromatic N) is 1. The van der Waals surface area contributed by atoms with Crippen molar-refractivity contribution in [2.24, 2.45) is 0 Å². The van der Waals surface area contributed by atoms with Crippen molar-refractivity contribution in [2.75, 3.05) is 13.6 Å². The Labute approximate surface area is 131 Å². The van der Waals surface area contributed by atoms with Crippen LogP contribution in [0.4, 0.5) is 0 Å². The zero-order valence-electron chi connectivity index (χ0n) is 12.7. The summed E-state index contributed by atoms with van der Waals surface area (Å²) in [6, 6.07) is 7.52. The molecule has 21 heavy (non-hydrogen) atoms. The predicted molar refractivity (Wildman–Crippen MR) is 85.1 cm³/mol. The second-order valence-corrected chi connectivity index (χ2v) is 5.61. The Balaban J connectivity index is 2.19. The molecule has 116 valence electrons. The number of rotatable bonds is 8. The lowest BCUT2D eigenvalue weighted by molar-refractivity contribution is -0.130. The summed E-state index contributed by atoms with van der Waals surface area (Å²) in [6.07, 6.45) is 3.25. The first kappa shape index (κ1) is 17.5. The Bertz CT molecular complexity index is 460. The smallest absolute Gasteiger partial charge is 0.222 e. The molecule has 0 unspecified atom stereocenters. The van der Waals surface area contributed by atoms with Gasteiger partial charge in [0.05, 0.1) is 0 Å². The van der Waals surface area contributed by atoms with Gasteiger partial charge in [-0.3, -0.25) is 9.59 Å². The maximum Gasteiger partial charge on any atom is 0.222 e. The van der Waals surface area contributed by atoms with Crippen LogP contribution in [0.3, 0.4) is 0 Å². The van der Waals surface area contributed by atoms with E-state index in [1.54, 1.807) is 4.90 Å². The van der Waals surface area contributed by atoms with E-state index in [0.717, 1.165) is 24.8 Å². The third-order valence-corrected chi connectivity index (χ3v) is 3.45. The van der Waals surface area contributed by atoms with Crippen LogP contribution in [0.1, 0.15) is 38.2 Å². The summed E-state index contributed by atoms with van der Waals surface area (Å²) in [5.41, 5.74) is 1.07. The Morgan fingerprint density at radius 1 is 1.14 bits per heavy atom. The zero-order chi connectivity index (χ0) is 15.7. The van der Waals surface area contributed by atoms with E-state index in [9.17, 15) is 9.59 Å². The van der Waals surface area contributed by atoms with Crippen LogP contribution in [-0.4, -0.2) is 30.3 Å². The topological polar surface area (TPSA) is 49.4 Å². The van der Waals surface area contributed by atoms with Gasteiger partial charge in [0.15, 0.2) is 0 Å². The summed E-state index contributed by atoms with van der Waals surface area (Å²) in [7, 11) is 1.81.